The molecule has 1 aliphatic carbocycles. The number of esters is 1. The van der Waals surface area contributed by atoms with E-state index in [1.165, 1.54) is 31.3 Å². The molecule has 0 amide bonds. The van der Waals surface area contributed by atoms with Crippen LogP contribution < -0.4 is 4.74 Å². The smallest absolute Gasteiger partial charge is 0.311 e. The molecule has 6 nitrogen and oxygen atoms in total. The fourth-order valence-electron chi connectivity index (χ4n) is 5.12. The first-order chi connectivity index (χ1) is 17.2. The molecule has 1 aromatic carbocycles. The van der Waals surface area contributed by atoms with Crippen LogP contribution in [0.2, 0.25) is 0 Å². The van der Waals surface area contributed by atoms with Gasteiger partial charge in [0, 0.05) is 25.6 Å². The summed E-state index contributed by atoms with van der Waals surface area (Å²) in [4.78, 5) is 22.9. The SMILES string of the molecule is CCCCC(=O)Oc1cn(CCC2=CCCCC2)c2nc(CCCC)n3c4ccccc4nc3c12. The Balaban J connectivity index is 1.66. The van der Waals surface area contributed by atoms with Gasteiger partial charge in [-0.15, -0.1) is 0 Å². The number of rotatable bonds is 10. The van der Waals surface area contributed by atoms with Crippen molar-refractivity contribution < 1.29 is 9.53 Å². The number of carbonyl (C=O) groups excluding carboxylic acids is 1. The minimum atomic E-state index is -0.190. The molecule has 0 spiro atoms. The van der Waals surface area contributed by atoms with Crippen LogP contribution in [0, 0.1) is 0 Å². The molecule has 3 aromatic heterocycles. The number of allylic oxidation sites excluding steroid dienone is 2. The molecule has 0 aliphatic heterocycles. The number of hydrogen-bond acceptors (Lipinski definition) is 4. The van der Waals surface area contributed by atoms with Crippen molar-refractivity contribution in [2.45, 2.75) is 91.0 Å². The third-order valence-corrected chi connectivity index (χ3v) is 7.06. The maximum absolute atomic E-state index is 12.7. The van der Waals surface area contributed by atoms with Crippen LogP contribution >= 0.6 is 0 Å². The van der Waals surface area contributed by atoms with Crippen LogP contribution in [0.4, 0.5) is 0 Å². The van der Waals surface area contributed by atoms with Gasteiger partial charge in [-0.1, -0.05) is 50.5 Å². The van der Waals surface area contributed by atoms with E-state index in [9.17, 15) is 4.79 Å². The van der Waals surface area contributed by atoms with Crippen LogP contribution in [-0.4, -0.2) is 24.9 Å². The van der Waals surface area contributed by atoms with Crippen LogP contribution in [0.5, 0.6) is 5.75 Å². The molecule has 0 N–H and O–H groups in total. The van der Waals surface area contributed by atoms with E-state index in [-0.39, 0.29) is 5.97 Å². The van der Waals surface area contributed by atoms with Crippen molar-refractivity contribution in [3.8, 4) is 5.75 Å². The maximum Gasteiger partial charge on any atom is 0.311 e. The molecule has 0 atom stereocenters. The molecule has 5 rings (SSSR count). The predicted octanol–water partition coefficient (Wildman–Crippen LogP) is 7.17. The van der Waals surface area contributed by atoms with Gasteiger partial charge in [0.05, 0.1) is 11.0 Å². The second-order valence-electron chi connectivity index (χ2n) is 9.71. The Kier molecular flexibility index (Phi) is 7.16. The Morgan fingerprint density at radius 3 is 2.69 bits per heavy atom. The molecule has 0 saturated carbocycles. The summed E-state index contributed by atoms with van der Waals surface area (Å²) in [5.41, 5.74) is 5.21. The molecule has 184 valence electrons. The van der Waals surface area contributed by atoms with Gasteiger partial charge in [-0.05, 0) is 57.1 Å². The molecule has 0 bridgehead atoms. The quantitative estimate of drug-likeness (QED) is 0.181. The standard InChI is InChI=1S/C29H36N4O2/c1-3-5-16-25-31-28-27(29-30-22-14-10-11-15-23(22)33(25)29)24(35-26(34)17-6-4-2)20-32(28)19-18-21-12-8-7-9-13-21/h10-12,14-15,20H,3-9,13,16-19H2,1-2H3. The number of hydrogen-bond donors (Lipinski definition) is 0. The normalized spacial score (nSPS) is 14.2. The van der Waals surface area contributed by atoms with Gasteiger partial charge in [0.15, 0.2) is 11.4 Å². The number of nitrogens with zero attached hydrogens (tertiary/aromatic N) is 4. The van der Waals surface area contributed by atoms with Gasteiger partial charge in [-0.25, -0.2) is 9.97 Å². The number of fused-ring (bicyclic) bond motifs is 5. The molecule has 0 radical (unpaired) electrons. The van der Waals surface area contributed by atoms with E-state index in [1.54, 1.807) is 0 Å². The van der Waals surface area contributed by atoms with E-state index in [2.05, 4.69) is 35.0 Å². The maximum atomic E-state index is 12.7. The average molecular weight is 473 g/mol. The first-order valence-electron chi connectivity index (χ1n) is 13.4. The zero-order chi connectivity index (χ0) is 24.2. The lowest BCUT2D eigenvalue weighted by atomic mass is 9.97. The highest BCUT2D eigenvalue weighted by Crippen LogP contribution is 2.34. The van der Waals surface area contributed by atoms with E-state index < -0.39 is 0 Å². The highest BCUT2D eigenvalue weighted by atomic mass is 16.5. The molecule has 6 heteroatoms. The summed E-state index contributed by atoms with van der Waals surface area (Å²) in [6.07, 6.45) is 15.6. The van der Waals surface area contributed by atoms with E-state index in [0.717, 1.165) is 78.6 Å². The predicted molar refractivity (Wildman–Crippen MR) is 141 cm³/mol. The lowest BCUT2D eigenvalue weighted by molar-refractivity contribution is -0.134. The molecule has 0 saturated heterocycles. The third-order valence-electron chi connectivity index (χ3n) is 7.06. The van der Waals surface area contributed by atoms with E-state index in [0.29, 0.717) is 12.2 Å². The van der Waals surface area contributed by atoms with Gasteiger partial charge in [-0.2, -0.15) is 0 Å². The summed E-state index contributed by atoms with van der Waals surface area (Å²) >= 11 is 0. The summed E-state index contributed by atoms with van der Waals surface area (Å²) in [6, 6.07) is 8.19. The van der Waals surface area contributed by atoms with Gasteiger partial charge < -0.3 is 9.30 Å². The van der Waals surface area contributed by atoms with Crippen molar-refractivity contribution in [1.82, 2.24) is 18.9 Å². The number of aryl methyl sites for hydroxylation is 2. The van der Waals surface area contributed by atoms with Crippen LogP contribution in [0.3, 0.4) is 0 Å². The van der Waals surface area contributed by atoms with Crippen LogP contribution in [0.15, 0.2) is 42.1 Å². The van der Waals surface area contributed by atoms with Crippen molar-refractivity contribution in [1.29, 1.82) is 0 Å². The Labute approximate surface area is 207 Å². The number of para-hydroxylation sites is 2. The second kappa shape index (κ2) is 10.6. The highest BCUT2D eigenvalue weighted by Gasteiger charge is 2.22. The van der Waals surface area contributed by atoms with Gasteiger partial charge >= 0.3 is 5.97 Å². The van der Waals surface area contributed by atoms with Gasteiger partial charge in [0.25, 0.3) is 0 Å². The Morgan fingerprint density at radius 2 is 1.89 bits per heavy atom. The van der Waals surface area contributed by atoms with E-state index >= 15 is 0 Å². The second-order valence-corrected chi connectivity index (χ2v) is 9.71. The number of benzene rings is 1. The molecule has 3 heterocycles. The fourth-order valence-corrected chi connectivity index (χ4v) is 5.12. The summed E-state index contributed by atoms with van der Waals surface area (Å²) in [7, 11) is 0. The minimum Gasteiger partial charge on any atom is -0.424 e. The monoisotopic (exact) mass is 472 g/mol. The lowest BCUT2D eigenvalue weighted by Gasteiger charge is -2.13. The zero-order valence-electron chi connectivity index (χ0n) is 21.1. The van der Waals surface area contributed by atoms with Gasteiger partial charge in [0.1, 0.15) is 16.9 Å². The summed E-state index contributed by atoms with van der Waals surface area (Å²) in [6.45, 7) is 5.11. The van der Waals surface area contributed by atoms with Crippen molar-refractivity contribution in [3.05, 3.63) is 47.9 Å². The minimum absolute atomic E-state index is 0.190. The van der Waals surface area contributed by atoms with Crippen molar-refractivity contribution >= 4 is 33.7 Å². The third kappa shape index (κ3) is 4.84. The van der Waals surface area contributed by atoms with Crippen LogP contribution in [0.25, 0.3) is 27.7 Å². The molecule has 1 aliphatic rings. The van der Waals surface area contributed by atoms with Crippen LogP contribution in [0.1, 0.15) is 83.9 Å². The van der Waals surface area contributed by atoms with Crippen molar-refractivity contribution in [2.24, 2.45) is 0 Å². The van der Waals surface area contributed by atoms with Gasteiger partial charge in [0.2, 0.25) is 0 Å². The van der Waals surface area contributed by atoms with Crippen molar-refractivity contribution in [2.75, 3.05) is 0 Å². The summed E-state index contributed by atoms with van der Waals surface area (Å²) in [5, 5.41) is 0.837. The van der Waals surface area contributed by atoms with E-state index in [4.69, 9.17) is 14.7 Å². The van der Waals surface area contributed by atoms with Crippen LogP contribution in [-0.2, 0) is 17.8 Å². The molecule has 0 fully saturated rings. The number of ether oxygens (including phenoxy) is 1. The lowest BCUT2D eigenvalue weighted by Crippen LogP contribution is -2.07. The molecule has 35 heavy (non-hydrogen) atoms. The number of carbonyl (C=O) groups is 1. The molecular formula is C29H36N4O2. The first kappa shape index (κ1) is 23.6. The molecular weight excluding hydrogens is 436 g/mol. The summed E-state index contributed by atoms with van der Waals surface area (Å²) < 4.78 is 10.3. The zero-order valence-corrected chi connectivity index (χ0v) is 21.1. The number of aromatic nitrogens is 4. The Bertz CT molecular complexity index is 1380. The molecule has 4 aromatic rings. The number of unbranched alkanes of at least 4 members (excludes halogenated alkanes) is 2. The topological polar surface area (TPSA) is 61.4 Å². The average Bonchev–Trinajstić information content (AvgIpc) is 3.43. The van der Waals surface area contributed by atoms with Crippen molar-refractivity contribution in [3.63, 3.8) is 0 Å². The fraction of sp³-hybridized carbons (Fsp3) is 0.483. The Hall–Kier alpha value is -3.15. The van der Waals surface area contributed by atoms with Gasteiger partial charge in [-0.3, -0.25) is 9.20 Å². The summed E-state index contributed by atoms with van der Waals surface area (Å²) in [5.74, 6) is 1.40. The largest absolute Gasteiger partial charge is 0.424 e. The highest BCUT2D eigenvalue weighted by molar-refractivity contribution is 6.00. The molecule has 0 unspecified atom stereocenters. The first-order valence-corrected chi connectivity index (χ1v) is 13.4. The number of imidazole rings is 1. The Morgan fingerprint density at radius 1 is 1.03 bits per heavy atom. The van der Waals surface area contributed by atoms with E-state index in [1.807, 2.05) is 24.4 Å².